The molecular formula is C16H26N4O2S. The predicted molar refractivity (Wildman–Crippen MR) is 91.8 cm³/mol. The summed E-state index contributed by atoms with van der Waals surface area (Å²) in [7, 11) is 0. The van der Waals surface area contributed by atoms with Gasteiger partial charge < -0.3 is 10.1 Å². The zero-order valence-electron chi connectivity index (χ0n) is 13.7. The number of amides is 1. The summed E-state index contributed by atoms with van der Waals surface area (Å²) in [6.07, 6.45) is 4.06. The molecule has 0 aliphatic carbocycles. The number of anilines is 1. The molecule has 2 aliphatic heterocycles. The van der Waals surface area contributed by atoms with Gasteiger partial charge in [0.2, 0.25) is 5.91 Å². The van der Waals surface area contributed by atoms with Gasteiger partial charge in [0.1, 0.15) is 0 Å². The molecule has 0 bridgehead atoms. The normalized spacial score (nSPS) is 22.8. The summed E-state index contributed by atoms with van der Waals surface area (Å²) in [5, 5.41) is 5.46. The van der Waals surface area contributed by atoms with E-state index < -0.39 is 0 Å². The molecule has 1 atom stereocenters. The quantitative estimate of drug-likeness (QED) is 0.882. The molecule has 1 amide bonds. The summed E-state index contributed by atoms with van der Waals surface area (Å²) in [5.41, 5.74) is 0. The first-order valence-corrected chi connectivity index (χ1v) is 9.35. The molecule has 128 valence electrons. The molecule has 6 nitrogen and oxygen atoms in total. The van der Waals surface area contributed by atoms with E-state index in [1.54, 1.807) is 6.20 Å². The zero-order valence-corrected chi connectivity index (χ0v) is 14.6. The Morgan fingerprint density at radius 2 is 2.13 bits per heavy atom. The van der Waals surface area contributed by atoms with Crippen LogP contribution in [-0.2, 0) is 9.53 Å². The number of ether oxygens (including phenoxy) is 1. The van der Waals surface area contributed by atoms with Crippen molar-refractivity contribution in [3.05, 3.63) is 11.6 Å². The molecule has 3 heterocycles. The molecule has 0 aromatic carbocycles. The molecule has 2 saturated heterocycles. The maximum atomic E-state index is 12.3. The van der Waals surface area contributed by atoms with Gasteiger partial charge in [0.15, 0.2) is 5.13 Å². The van der Waals surface area contributed by atoms with E-state index in [2.05, 4.69) is 20.1 Å². The number of nitrogens with zero attached hydrogens (tertiary/aromatic N) is 3. The van der Waals surface area contributed by atoms with E-state index >= 15 is 0 Å². The van der Waals surface area contributed by atoms with Gasteiger partial charge in [-0.05, 0) is 38.8 Å². The number of likely N-dealkylation sites (tertiary alicyclic amines) is 1. The molecule has 2 aliphatic rings. The fourth-order valence-electron chi connectivity index (χ4n) is 3.33. The van der Waals surface area contributed by atoms with Crippen LogP contribution in [0.25, 0.3) is 0 Å². The van der Waals surface area contributed by atoms with Crippen molar-refractivity contribution in [1.29, 1.82) is 0 Å². The van der Waals surface area contributed by atoms with Gasteiger partial charge in [0.05, 0.1) is 19.3 Å². The van der Waals surface area contributed by atoms with Crippen molar-refractivity contribution in [2.24, 2.45) is 5.92 Å². The van der Waals surface area contributed by atoms with E-state index in [0.717, 1.165) is 45.3 Å². The second-order valence-electron chi connectivity index (χ2n) is 6.39. The van der Waals surface area contributed by atoms with Crippen LogP contribution in [0.1, 0.15) is 19.8 Å². The fraction of sp³-hybridized carbons (Fsp3) is 0.750. The first-order valence-electron chi connectivity index (χ1n) is 8.47. The van der Waals surface area contributed by atoms with Gasteiger partial charge in [-0.15, -0.1) is 11.3 Å². The highest BCUT2D eigenvalue weighted by Gasteiger charge is 2.28. The molecule has 0 spiro atoms. The van der Waals surface area contributed by atoms with Gasteiger partial charge in [0, 0.05) is 31.2 Å². The number of aromatic nitrogens is 1. The first-order chi connectivity index (χ1) is 11.2. The number of nitrogens with one attached hydrogen (secondary N) is 1. The van der Waals surface area contributed by atoms with E-state index in [1.807, 2.05) is 12.3 Å². The summed E-state index contributed by atoms with van der Waals surface area (Å²) in [4.78, 5) is 21.2. The number of hydrogen-bond donors (Lipinski definition) is 1. The van der Waals surface area contributed by atoms with E-state index in [9.17, 15) is 4.79 Å². The highest BCUT2D eigenvalue weighted by molar-refractivity contribution is 7.13. The standard InChI is InChI=1S/C16H26N4O2S/c1-13(15(21)18-16-17-4-11-23-16)20-5-2-14(3-6-20)12-19-7-9-22-10-8-19/h4,11,13-14H,2-3,5-10,12H2,1H3,(H,17,18,21). The number of morpholine rings is 1. The topological polar surface area (TPSA) is 57.7 Å². The summed E-state index contributed by atoms with van der Waals surface area (Å²) in [5.74, 6) is 0.796. The average Bonchev–Trinajstić information content (AvgIpc) is 3.09. The molecular weight excluding hydrogens is 312 g/mol. The Balaban J connectivity index is 1.41. The number of hydrogen-bond acceptors (Lipinski definition) is 6. The second-order valence-corrected chi connectivity index (χ2v) is 7.29. The molecule has 1 unspecified atom stereocenters. The van der Waals surface area contributed by atoms with Crippen molar-refractivity contribution in [3.8, 4) is 0 Å². The molecule has 7 heteroatoms. The van der Waals surface area contributed by atoms with Crippen molar-refractivity contribution in [2.75, 3.05) is 51.3 Å². The zero-order chi connectivity index (χ0) is 16.1. The van der Waals surface area contributed by atoms with Crippen LogP contribution in [0.4, 0.5) is 5.13 Å². The van der Waals surface area contributed by atoms with Crippen LogP contribution in [0, 0.1) is 5.92 Å². The third-order valence-electron chi connectivity index (χ3n) is 4.86. The number of carbonyl (C=O) groups excluding carboxylic acids is 1. The van der Waals surface area contributed by atoms with E-state index in [-0.39, 0.29) is 11.9 Å². The minimum Gasteiger partial charge on any atom is -0.379 e. The lowest BCUT2D eigenvalue weighted by atomic mass is 9.95. The van der Waals surface area contributed by atoms with Crippen molar-refractivity contribution >= 4 is 22.4 Å². The Labute approximate surface area is 141 Å². The van der Waals surface area contributed by atoms with Gasteiger partial charge in [0.25, 0.3) is 0 Å². The van der Waals surface area contributed by atoms with Gasteiger partial charge in [-0.25, -0.2) is 4.98 Å². The highest BCUT2D eigenvalue weighted by atomic mass is 32.1. The third kappa shape index (κ3) is 4.73. The Morgan fingerprint density at radius 3 is 2.78 bits per heavy atom. The lowest BCUT2D eigenvalue weighted by Crippen LogP contribution is -2.48. The van der Waals surface area contributed by atoms with Gasteiger partial charge in [-0.1, -0.05) is 0 Å². The van der Waals surface area contributed by atoms with Crippen LogP contribution in [0.15, 0.2) is 11.6 Å². The maximum Gasteiger partial charge on any atom is 0.243 e. The lowest BCUT2D eigenvalue weighted by Gasteiger charge is -2.37. The van der Waals surface area contributed by atoms with Crippen molar-refractivity contribution in [1.82, 2.24) is 14.8 Å². The smallest absolute Gasteiger partial charge is 0.243 e. The number of piperidine rings is 1. The number of carbonyl (C=O) groups is 1. The predicted octanol–water partition coefficient (Wildman–Crippen LogP) is 1.51. The highest BCUT2D eigenvalue weighted by Crippen LogP contribution is 2.21. The largest absolute Gasteiger partial charge is 0.379 e. The maximum absolute atomic E-state index is 12.3. The Bertz CT molecular complexity index is 482. The molecule has 0 radical (unpaired) electrons. The molecule has 0 saturated carbocycles. The minimum absolute atomic E-state index is 0.0478. The average molecular weight is 338 g/mol. The van der Waals surface area contributed by atoms with Crippen LogP contribution in [0.3, 0.4) is 0 Å². The fourth-order valence-corrected chi connectivity index (χ4v) is 3.86. The van der Waals surface area contributed by atoms with Crippen LogP contribution in [0.5, 0.6) is 0 Å². The summed E-state index contributed by atoms with van der Waals surface area (Å²) >= 11 is 1.46. The minimum atomic E-state index is -0.0942. The monoisotopic (exact) mass is 338 g/mol. The Hall–Kier alpha value is -1.02. The van der Waals surface area contributed by atoms with Crippen molar-refractivity contribution < 1.29 is 9.53 Å². The summed E-state index contributed by atoms with van der Waals surface area (Å²) < 4.78 is 5.41. The second kappa shape index (κ2) is 8.19. The number of rotatable bonds is 5. The Kier molecular flexibility index (Phi) is 5.99. The lowest BCUT2D eigenvalue weighted by molar-refractivity contribution is -0.121. The van der Waals surface area contributed by atoms with E-state index in [0.29, 0.717) is 5.13 Å². The van der Waals surface area contributed by atoms with Gasteiger partial charge in [-0.3, -0.25) is 14.6 Å². The molecule has 3 rings (SSSR count). The van der Waals surface area contributed by atoms with Crippen LogP contribution >= 0.6 is 11.3 Å². The van der Waals surface area contributed by atoms with E-state index in [1.165, 1.54) is 30.7 Å². The van der Waals surface area contributed by atoms with Crippen LogP contribution in [0.2, 0.25) is 0 Å². The molecule has 1 aromatic heterocycles. The molecule has 23 heavy (non-hydrogen) atoms. The van der Waals surface area contributed by atoms with E-state index in [4.69, 9.17) is 4.74 Å². The molecule has 1 N–H and O–H groups in total. The number of thiazole rings is 1. The van der Waals surface area contributed by atoms with Gasteiger partial charge >= 0.3 is 0 Å². The Morgan fingerprint density at radius 1 is 1.39 bits per heavy atom. The molecule has 1 aromatic rings. The van der Waals surface area contributed by atoms with Crippen molar-refractivity contribution in [3.63, 3.8) is 0 Å². The van der Waals surface area contributed by atoms with Crippen LogP contribution in [-0.4, -0.2) is 72.7 Å². The summed E-state index contributed by atoms with van der Waals surface area (Å²) in [6, 6.07) is -0.0942. The summed E-state index contributed by atoms with van der Waals surface area (Å²) in [6.45, 7) is 9.03. The third-order valence-corrected chi connectivity index (χ3v) is 5.55. The van der Waals surface area contributed by atoms with Gasteiger partial charge in [-0.2, -0.15) is 0 Å². The molecule has 2 fully saturated rings. The van der Waals surface area contributed by atoms with Crippen LogP contribution < -0.4 is 5.32 Å². The SMILES string of the molecule is CC(C(=O)Nc1nccs1)N1CCC(CN2CCOCC2)CC1. The van der Waals surface area contributed by atoms with Crippen molar-refractivity contribution in [2.45, 2.75) is 25.8 Å². The first kappa shape index (κ1) is 16.8.